The summed E-state index contributed by atoms with van der Waals surface area (Å²) in [4.78, 5) is 12.9. The fraction of sp³-hybridized carbons (Fsp3) is 0.682. The van der Waals surface area contributed by atoms with Crippen LogP contribution in [0.15, 0.2) is 24.3 Å². The van der Waals surface area contributed by atoms with Crippen LogP contribution in [0.25, 0.3) is 0 Å². The molecule has 4 aliphatic carbocycles. The summed E-state index contributed by atoms with van der Waals surface area (Å²) in [6.45, 7) is 2.73. The first-order valence-electron chi connectivity index (χ1n) is 10.6. The topological polar surface area (TPSA) is 59.6 Å². The first-order valence-corrected chi connectivity index (χ1v) is 10.6. The van der Waals surface area contributed by atoms with Crippen molar-refractivity contribution in [1.29, 1.82) is 0 Å². The normalized spacial score (nSPS) is 35.9. The van der Waals surface area contributed by atoms with Crippen LogP contribution >= 0.6 is 0 Å². The first kappa shape index (κ1) is 17.4. The number of fused-ring (bicyclic) bond motifs is 1. The highest BCUT2D eigenvalue weighted by molar-refractivity contribution is 5.83. The second-order valence-electron chi connectivity index (χ2n) is 9.16. The summed E-state index contributed by atoms with van der Waals surface area (Å²) in [5.41, 5.74) is -0.0429. The van der Waals surface area contributed by atoms with E-state index in [4.69, 9.17) is 9.47 Å². The zero-order chi connectivity index (χ0) is 18.3. The molecule has 0 spiro atoms. The molecule has 4 fully saturated rings. The number of nitrogens with one attached hydrogen (secondary N) is 2. The van der Waals surface area contributed by atoms with Crippen molar-refractivity contribution >= 4 is 5.91 Å². The summed E-state index contributed by atoms with van der Waals surface area (Å²) in [5.74, 6) is 4.38. The Balaban J connectivity index is 1.05. The van der Waals surface area contributed by atoms with E-state index in [0.29, 0.717) is 19.1 Å². The van der Waals surface area contributed by atoms with E-state index < -0.39 is 0 Å². The van der Waals surface area contributed by atoms with E-state index in [1.807, 2.05) is 24.3 Å². The van der Waals surface area contributed by atoms with Crippen LogP contribution in [0.5, 0.6) is 11.5 Å². The minimum Gasteiger partial charge on any atom is -0.486 e. The monoisotopic (exact) mass is 370 g/mol. The summed E-state index contributed by atoms with van der Waals surface area (Å²) in [5, 5.41) is 6.61. The maximum Gasteiger partial charge on any atom is 0.226 e. The highest BCUT2D eigenvalue weighted by atomic mass is 16.6. The van der Waals surface area contributed by atoms with Gasteiger partial charge < -0.3 is 20.1 Å². The number of amides is 1. The van der Waals surface area contributed by atoms with Gasteiger partial charge in [-0.2, -0.15) is 0 Å². The van der Waals surface area contributed by atoms with Crippen molar-refractivity contribution in [3.8, 4) is 11.5 Å². The lowest BCUT2D eigenvalue weighted by molar-refractivity contribution is -0.146. The maximum absolute atomic E-state index is 12.9. The van der Waals surface area contributed by atoms with Gasteiger partial charge in [0, 0.05) is 25.0 Å². The van der Waals surface area contributed by atoms with Gasteiger partial charge in [0.05, 0.1) is 0 Å². The third-order valence-electron chi connectivity index (χ3n) is 7.05. The Morgan fingerprint density at radius 3 is 2.37 bits per heavy atom. The molecule has 4 bridgehead atoms. The summed E-state index contributed by atoms with van der Waals surface area (Å²) in [6.07, 6.45) is 7.53. The Labute approximate surface area is 161 Å². The lowest BCUT2D eigenvalue weighted by Crippen LogP contribution is -2.54. The van der Waals surface area contributed by atoms with Gasteiger partial charge in [-0.3, -0.25) is 4.79 Å². The molecule has 5 heteroatoms. The second-order valence-corrected chi connectivity index (χ2v) is 9.16. The Morgan fingerprint density at radius 1 is 1.00 bits per heavy atom. The lowest BCUT2D eigenvalue weighted by atomic mass is 9.49. The summed E-state index contributed by atoms with van der Waals surface area (Å²) in [7, 11) is 0. The van der Waals surface area contributed by atoms with Crippen LogP contribution in [0.2, 0.25) is 0 Å². The molecule has 1 aromatic rings. The number of benzene rings is 1. The number of rotatable bonds is 6. The average molecular weight is 370 g/mol. The Hall–Kier alpha value is -1.75. The summed E-state index contributed by atoms with van der Waals surface area (Å²) in [6, 6.07) is 7.78. The largest absolute Gasteiger partial charge is 0.486 e. The second kappa shape index (κ2) is 7.01. The zero-order valence-electron chi connectivity index (χ0n) is 15.9. The van der Waals surface area contributed by atoms with Gasteiger partial charge >= 0.3 is 0 Å². The Morgan fingerprint density at radius 2 is 1.67 bits per heavy atom. The predicted octanol–water partition coefficient (Wildman–Crippen LogP) is 2.75. The molecule has 2 N–H and O–H groups in total. The van der Waals surface area contributed by atoms with Crippen LogP contribution < -0.4 is 20.1 Å². The first-order chi connectivity index (χ1) is 13.2. The van der Waals surface area contributed by atoms with Gasteiger partial charge in [0.2, 0.25) is 5.91 Å². The molecular formula is C22H30N2O3. The molecule has 1 atom stereocenters. The molecular weight excluding hydrogens is 340 g/mol. The van der Waals surface area contributed by atoms with E-state index in [2.05, 4.69) is 10.6 Å². The van der Waals surface area contributed by atoms with Crippen LogP contribution in [-0.2, 0) is 4.79 Å². The molecule has 4 saturated carbocycles. The van der Waals surface area contributed by atoms with Crippen LogP contribution in [0, 0.1) is 23.2 Å². The van der Waals surface area contributed by atoms with E-state index >= 15 is 0 Å². The van der Waals surface area contributed by atoms with E-state index in [0.717, 1.165) is 61.6 Å². The van der Waals surface area contributed by atoms with Crippen LogP contribution in [0.3, 0.4) is 0 Å². The van der Waals surface area contributed by atoms with Crippen LogP contribution in [-0.4, -0.2) is 38.3 Å². The Kier molecular flexibility index (Phi) is 4.50. The molecule has 146 valence electrons. The lowest BCUT2D eigenvalue weighted by Gasteiger charge is -2.55. The van der Waals surface area contributed by atoms with E-state index in [1.54, 1.807) is 0 Å². The number of carbonyl (C=O) groups excluding carboxylic acids is 1. The fourth-order valence-corrected chi connectivity index (χ4v) is 6.27. The molecule has 0 radical (unpaired) electrons. The Bertz CT molecular complexity index is 669. The molecule has 5 aliphatic rings. The van der Waals surface area contributed by atoms with Crippen molar-refractivity contribution in [3.05, 3.63) is 24.3 Å². The van der Waals surface area contributed by atoms with E-state index in [9.17, 15) is 4.79 Å². The van der Waals surface area contributed by atoms with Crippen LogP contribution in [0.1, 0.15) is 38.5 Å². The SMILES string of the molecule is O=C(NCCNCC1COc2ccccc2O1)C12CC3CC(CC(C3)C1)C2. The van der Waals surface area contributed by atoms with Gasteiger partial charge in [-0.05, 0) is 68.4 Å². The third kappa shape index (κ3) is 3.42. The average Bonchev–Trinajstić information content (AvgIpc) is 2.66. The standard InChI is InChI=1S/C22H30N2O3/c25-21(22-10-15-7-16(11-22)9-17(8-15)12-22)24-6-5-23-13-18-14-26-19-3-1-2-4-20(19)27-18/h1-4,15-18,23H,5-14H2,(H,24,25). The maximum atomic E-state index is 12.9. The third-order valence-corrected chi connectivity index (χ3v) is 7.05. The van der Waals surface area contributed by atoms with Crippen molar-refractivity contribution in [2.75, 3.05) is 26.2 Å². The van der Waals surface area contributed by atoms with Crippen LogP contribution in [0.4, 0.5) is 0 Å². The molecule has 1 aliphatic heterocycles. The fourth-order valence-electron chi connectivity index (χ4n) is 6.27. The molecule has 1 unspecified atom stereocenters. The van der Waals surface area contributed by atoms with Crippen molar-refractivity contribution in [2.24, 2.45) is 23.2 Å². The molecule has 1 heterocycles. The van der Waals surface area contributed by atoms with Crippen molar-refractivity contribution < 1.29 is 14.3 Å². The summed E-state index contributed by atoms with van der Waals surface area (Å²) < 4.78 is 11.7. The van der Waals surface area contributed by atoms with E-state index in [1.165, 1.54) is 19.3 Å². The van der Waals surface area contributed by atoms with E-state index in [-0.39, 0.29) is 11.5 Å². The highest BCUT2D eigenvalue weighted by Crippen LogP contribution is 2.60. The molecule has 5 nitrogen and oxygen atoms in total. The van der Waals surface area contributed by atoms with Gasteiger partial charge in [-0.15, -0.1) is 0 Å². The summed E-state index contributed by atoms with van der Waals surface area (Å²) >= 11 is 0. The minimum absolute atomic E-state index is 0.0127. The highest BCUT2D eigenvalue weighted by Gasteiger charge is 2.54. The molecule has 1 amide bonds. The van der Waals surface area contributed by atoms with Crippen molar-refractivity contribution in [3.63, 3.8) is 0 Å². The van der Waals surface area contributed by atoms with Crippen molar-refractivity contribution in [2.45, 2.75) is 44.6 Å². The van der Waals surface area contributed by atoms with Gasteiger partial charge in [-0.25, -0.2) is 0 Å². The zero-order valence-corrected chi connectivity index (χ0v) is 15.9. The molecule has 27 heavy (non-hydrogen) atoms. The molecule has 6 rings (SSSR count). The quantitative estimate of drug-likeness (QED) is 0.756. The number of para-hydroxylation sites is 2. The smallest absolute Gasteiger partial charge is 0.226 e. The molecule has 0 aromatic heterocycles. The van der Waals surface area contributed by atoms with Gasteiger partial charge in [0.1, 0.15) is 12.7 Å². The van der Waals surface area contributed by atoms with Crippen molar-refractivity contribution in [1.82, 2.24) is 10.6 Å². The predicted molar refractivity (Wildman–Crippen MR) is 103 cm³/mol. The van der Waals surface area contributed by atoms with Gasteiger partial charge in [-0.1, -0.05) is 12.1 Å². The van der Waals surface area contributed by atoms with Gasteiger partial charge in [0.15, 0.2) is 11.5 Å². The number of ether oxygens (including phenoxy) is 2. The molecule has 1 aromatic carbocycles. The number of carbonyl (C=O) groups is 1. The number of hydrogen-bond acceptors (Lipinski definition) is 4. The number of hydrogen-bond donors (Lipinski definition) is 2. The minimum atomic E-state index is -0.0429. The van der Waals surface area contributed by atoms with Gasteiger partial charge in [0.25, 0.3) is 0 Å². The molecule has 0 saturated heterocycles.